The van der Waals surface area contributed by atoms with Gasteiger partial charge < -0.3 is 29.5 Å². The Morgan fingerprint density at radius 1 is 1.09 bits per heavy atom. The van der Waals surface area contributed by atoms with Crippen LogP contribution in [0.4, 0.5) is 0 Å². The first kappa shape index (κ1) is 22.4. The maximum Gasteiger partial charge on any atom is 0.163 e. The predicted octanol–water partition coefficient (Wildman–Crippen LogP) is 3.38. The first-order valence-corrected chi connectivity index (χ1v) is 11.5. The molecule has 1 aliphatic carbocycles. The first-order valence-electron chi connectivity index (χ1n) is 11.1. The van der Waals surface area contributed by atoms with Crippen LogP contribution in [-0.4, -0.2) is 57.6 Å². The summed E-state index contributed by atoms with van der Waals surface area (Å²) < 4.78 is 7.73. The summed E-state index contributed by atoms with van der Waals surface area (Å²) in [5, 5.41) is 36.7. The van der Waals surface area contributed by atoms with Crippen LogP contribution in [0.25, 0.3) is 10.9 Å². The monoisotopic (exact) mass is 470 g/mol. The zero-order valence-corrected chi connectivity index (χ0v) is 19.0. The molecule has 1 aromatic heterocycles. The molecule has 0 bridgehead atoms. The molecule has 0 radical (unpaired) electrons. The molecule has 5 atom stereocenters. The van der Waals surface area contributed by atoms with Gasteiger partial charge in [-0.2, -0.15) is 0 Å². The third kappa shape index (κ3) is 4.27. The third-order valence-corrected chi connectivity index (χ3v) is 6.84. The minimum Gasteiger partial charge on any atom is -0.399 e. The van der Waals surface area contributed by atoms with Crippen LogP contribution in [0.5, 0.6) is 0 Å². The lowest BCUT2D eigenvalue weighted by Crippen LogP contribution is -2.55. The van der Waals surface area contributed by atoms with Gasteiger partial charge in [-0.3, -0.25) is 0 Å². The number of hydrogen-bond acceptors (Lipinski definition) is 6. The number of oxime groups is 1. The number of rotatable bonds is 6. The molecule has 0 unspecified atom stereocenters. The molecule has 2 aromatic carbocycles. The zero-order chi connectivity index (χ0) is 23.1. The number of benzene rings is 2. The van der Waals surface area contributed by atoms with Crippen molar-refractivity contribution in [1.29, 1.82) is 0 Å². The van der Waals surface area contributed by atoms with Gasteiger partial charge in [-0.15, -0.1) is 0 Å². The highest BCUT2D eigenvalue weighted by Gasteiger charge is 2.44. The molecule has 2 heterocycles. The minimum absolute atomic E-state index is 0.597. The SMILES string of the molecule is CO/N=C/[C@H]1O[C@@H](n2cc(Cc3ccc(C4CC4)cc3)c3c(Cl)cccc32)[C@H](O)[C@@H](O)[C@@H]1O. The number of aliphatic hydroxyl groups excluding tert-OH is 3. The number of aliphatic hydroxyl groups is 3. The molecule has 3 aromatic rings. The van der Waals surface area contributed by atoms with E-state index in [4.69, 9.17) is 16.3 Å². The largest absolute Gasteiger partial charge is 0.399 e. The fourth-order valence-electron chi connectivity index (χ4n) is 4.60. The summed E-state index contributed by atoms with van der Waals surface area (Å²) in [4.78, 5) is 4.69. The van der Waals surface area contributed by atoms with Crippen molar-refractivity contribution in [3.05, 3.63) is 70.4 Å². The van der Waals surface area contributed by atoms with Gasteiger partial charge in [-0.25, -0.2) is 0 Å². The number of ether oxygens (including phenoxy) is 1. The van der Waals surface area contributed by atoms with E-state index in [-0.39, 0.29) is 0 Å². The maximum absolute atomic E-state index is 10.8. The number of halogens is 1. The number of hydrogen-bond donors (Lipinski definition) is 3. The van der Waals surface area contributed by atoms with E-state index in [2.05, 4.69) is 34.3 Å². The molecule has 1 aliphatic heterocycles. The van der Waals surface area contributed by atoms with Gasteiger partial charge in [0, 0.05) is 11.6 Å². The highest BCUT2D eigenvalue weighted by Crippen LogP contribution is 2.40. The van der Waals surface area contributed by atoms with Crippen LogP contribution in [0.3, 0.4) is 0 Å². The first-order chi connectivity index (χ1) is 16.0. The molecule has 0 spiro atoms. The molecule has 5 rings (SSSR count). The van der Waals surface area contributed by atoms with Crippen molar-refractivity contribution in [3.63, 3.8) is 0 Å². The van der Waals surface area contributed by atoms with Crippen LogP contribution < -0.4 is 0 Å². The van der Waals surface area contributed by atoms with Crippen LogP contribution in [0.2, 0.25) is 5.02 Å². The molecular weight excluding hydrogens is 444 g/mol. The van der Waals surface area contributed by atoms with Crippen molar-refractivity contribution in [2.75, 3.05) is 7.11 Å². The van der Waals surface area contributed by atoms with Crippen LogP contribution in [0.1, 0.15) is 41.7 Å². The van der Waals surface area contributed by atoms with E-state index in [1.807, 2.05) is 24.4 Å². The second kappa shape index (κ2) is 9.08. The van der Waals surface area contributed by atoms with Crippen molar-refractivity contribution < 1.29 is 24.9 Å². The van der Waals surface area contributed by atoms with E-state index in [0.29, 0.717) is 17.4 Å². The van der Waals surface area contributed by atoms with Gasteiger partial charge in [-0.05, 0) is 54.0 Å². The summed E-state index contributed by atoms with van der Waals surface area (Å²) in [5.74, 6) is 0.705. The van der Waals surface area contributed by atoms with E-state index in [1.165, 1.54) is 31.7 Å². The van der Waals surface area contributed by atoms with E-state index in [1.54, 1.807) is 4.57 Å². The van der Waals surface area contributed by atoms with Gasteiger partial charge >= 0.3 is 0 Å². The minimum atomic E-state index is -1.42. The highest BCUT2D eigenvalue weighted by molar-refractivity contribution is 6.35. The Labute approximate surface area is 196 Å². The van der Waals surface area contributed by atoms with Gasteiger partial charge in [0.25, 0.3) is 0 Å². The summed E-state index contributed by atoms with van der Waals surface area (Å²) in [5.41, 5.74) is 4.29. The van der Waals surface area contributed by atoms with Gasteiger partial charge in [0.15, 0.2) is 6.23 Å². The molecule has 33 heavy (non-hydrogen) atoms. The van der Waals surface area contributed by atoms with Gasteiger partial charge in [-0.1, -0.05) is 47.1 Å². The molecule has 3 N–H and O–H groups in total. The molecule has 7 nitrogen and oxygen atoms in total. The normalized spacial score (nSPS) is 28.0. The molecule has 8 heteroatoms. The fourth-order valence-corrected chi connectivity index (χ4v) is 4.89. The zero-order valence-electron chi connectivity index (χ0n) is 18.2. The molecule has 0 amide bonds. The fraction of sp³-hybridized carbons (Fsp3) is 0.400. The Hall–Kier alpha value is -2.42. The Bertz CT molecular complexity index is 1160. The Morgan fingerprint density at radius 3 is 2.55 bits per heavy atom. The second-order valence-electron chi connectivity index (χ2n) is 8.79. The Morgan fingerprint density at radius 2 is 1.85 bits per heavy atom. The van der Waals surface area contributed by atoms with Crippen molar-refractivity contribution in [3.8, 4) is 0 Å². The van der Waals surface area contributed by atoms with E-state index < -0.39 is 30.6 Å². The van der Waals surface area contributed by atoms with Crippen molar-refractivity contribution >= 4 is 28.7 Å². The van der Waals surface area contributed by atoms with Gasteiger partial charge in [0.05, 0.1) is 16.8 Å². The van der Waals surface area contributed by atoms with Crippen LogP contribution >= 0.6 is 11.6 Å². The second-order valence-corrected chi connectivity index (χ2v) is 9.20. The average molecular weight is 471 g/mol. The molecular formula is C25H27ClN2O5. The van der Waals surface area contributed by atoms with E-state index >= 15 is 0 Å². The molecule has 1 saturated carbocycles. The van der Waals surface area contributed by atoms with E-state index in [9.17, 15) is 15.3 Å². The number of fused-ring (bicyclic) bond motifs is 1. The summed E-state index contributed by atoms with van der Waals surface area (Å²) >= 11 is 6.60. The van der Waals surface area contributed by atoms with Crippen molar-refractivity contribution in [2.45, 2.75) is 55.8 Å². The number of aromatic nitrogens is 1. The third-order valence-electron chi connectivity index (χ3n) is 6.52. The summed E-state index contributed by atoms with van der Waals surface area (Å²) in [6.45, 7) is 0. The lowest BCUT2D eigenvalue weighted by Gasteiger charge is -2.39. The Kier molecular flexibility index (Phi) is 6.16. The van der Waals surface area contributed by atoms with Gasteiger partial charge in [0.1, 0.15) is 31.5 Å². The number of nitrogens with zero attached hydrogens (tertiary/aromatic N) is 2. The predicted molar refractivity (Wildman–Crippen MR) is 126 cm³/mol. The summed E-state index contributed by atoms with van der Waals surface area (Å²) in [7, 11) is 1.37. The molecule has 2 fully saturated rings. The van der Waals surface area contributed by atoms with Crippen molar-refractivity contribution in [1.82, 2.24) is 4.57 Å². The average Bonchev–Trinajstić information content (AvgIpc) is 3.60. The molecule has 2 aliphatic rings. The Balaban J connectivity index is 1.51. The molecule has 174 valence electrons. The highest BCUT2D eigenvalue weighted by atomic mass is 35.5. The van der Waals surface area contributed by atoms with Crippen LogP contribution in [0, 0.1) is 0 Å². The van der Waals surface area contributed by atoms with Crippen LogP contribution in [0.15, 0.2) is 53.8 Å². The topological polar surface area (TPSA) is 96.4 Å². The standard InChI is InChI=1S/C25H27ClN2O5/c1-32-27-12-20-22(29)23(30)24(31)25(33-20)28-13-17(21-18(26)3-2-4-19(21)28)11-14-5-7-15(8-6-14)16-9-10-16/h2-8,12-13,16,20,22-25,29-31H,9-11H2,1H3/b27-12+/t20-,22-,23+,24-,25-/m1/s1. The lowest BCUT2D eigenvalue weighted by atomic mass is 9.98. The smallest absolute Gasteiger partial charge is 0.163 e. The van der Waals surface area contributed by atoms with Crippen molar-refractivity contribution in [2.24, 2.45) is 5.16 Å². The summed E-state index contributed by atoms with van der Waals surface area (Å²) in [6.07, 6.45) is 0.325. The quantitative estimate of drug-likeness (QED) is 0.379. The maximum atomic E-state index is 10.8. The van der Waals surface area contributed by atoms with Gasteiger partial charge in [0.2, 0.25) is 0 Å². The molecule has 1 saturated heterocycles. The summed E-state index contributed by atoms with van der Waals surface area (Å²) in [6, 6.07) is 14.2. The van der Waals surface area contributed by atoms with E-state index in [0.717, 1.165) is 22.0 Å². The van der Waals surface area contributed by atoms with Crippen LogP contribution in [-0.2, 0) is 16.0 Å². The lowest BCUT2D eigenvalue weighted by molar-refractivity contribution is -0.225.